The SMILES string of the molecule is COCCOCCCOCc1ccc(CNC(C)(C)C)s1. The molecule has 0 bridgehead atoms. The van der Waals surface area contributed by atoms with Crippen LogP contribution in [0, 0.1) is 0 Å². The van der Waals surface area contributed by atoms with Crippen molar-refractivity contribution < 1.29 is 14.2 Å². The van der Waals surface area contributed by atoms with Crippen molar-refractivity contribution in [2.75, 3.05) is 33.5 Å². The number of methoxy groups -OCH3 is 1. The van der Waals surface area contributed by atoms with Gasteiger partial charge in [-0.1, -0.05) is 0 Å². The molecule has 0 saturated heterocycles. The average molecular weight is 315 g/mol. The minimum Gasteiger partial charge on any atom is -0.382 e. The van der Waals surface area contributed by atoms with E-state index in [1.165, 1.54) is 9.75 Å². The molecule has 5 heteroatoms. The smallest absolute Gasteiger partial charge is 0.0809 e. The number of nitrogens with one attached hydrogen (secondary N) is 1. The molecule has 1 aromatic heterocycles. The molecule has 0 aromatic carbocycles. The Labute approximate surface area is 132 Å². The van der Waals surface area contributed by atoms with Crippen LogP contribution >= 0.6 is 11.3 Å². The van der Waals surface area contributed by atoms with Gasteiger partial charge in [-0.05, 0) is 39.3 Å². The second kappa shape index (κ2) is 10.3. The average Bonchev–Trinajstić information content (AvgIpc) is 2.87. The Kier molecular flexibility index (Phi) is 9.11. The minimum absolute atomic E-state index is 0.156. The van der Waals surface area contributed by atoms with Gasteiger partial charge >= 0.3 is 0 Å². The summed E-state index contributed by atoms with van der Waals surface area (Å²) in [5.41, 5.74) is 0.156. The Bertz CT molecular complexity index is 374. The van der Waals surface area contributed by atoms with Gasteiger partial charge in [-0.3, -0.25) is 0 Å². The van der Waals surface area contributed by atoms with Gasteiger partial charge in [-0.2, -0.15) is 0 Å². The maximum atomic E-state index is 5.66. The van der Waals surface area contributed by atoms with Gasteiger partial charge < -0.3 is 19.5 Å². The number of hydrogen-bond donors (Lipinski definition) is 1. The van der Waals surface area contributed by atoms with Gasteiger partial charge in [0.25, 0.3) is 0 Å². The van der Waals surface area contributed by atoms with E-state index in [1.54, 1.807) is 7.11 Å². The minimum atomic E-state index is 0.156. The fourth-order valence-corrected chi connectivity index (χ4v) is 2.52. The van der Waals surface area contributed by atoms with Gasteiger partial charge in [-0.25, -0.2) is 0 Å². The Hall–Kier alpha value is -0.460. The van der Waals surface area contributed by atoms with E-state index in [0.29, 0.717) is 19.8 Å². The summed E-state index contributed by atoms with van der Waals surface area (Å²) in [7, 11) is 1.68. The molecular formula is C16H29NO3S. The quantitative estimate of drug-likeness (QED) is 0.637. The summed E-state index contributed by atoms with van der Waals surface area (Å²) in [6, 6.07) is 4.33. The van der Waals surface area contributed by atoms with Crippen molar-refractivity contribution in [1.82, 2.24) is 5.32 Å². The van der Waals surface area contributed by atoms with Crippen LogP contribution in [0.4, 0.5) is 0 Å². The van der Waals surface area contributed by atoms with Gasteiger partial charge in [0.15, 0.2) is 0 Å². The molecule has 0 aliphatic heterocycles. The van der Waals surface area contributed by atoms with Crippen molar-refractivity contribution in [2.24, 2.45) is 0 Å². The zero-order valence-corrected chi connectivity index (χ0v) is 14.6. The number of rotatable bonds is 11. The van der Waals surface area contributed by atoms with Crippen molar-refractivity contribution in [3.05, 3.63) is 21.9 Å². The third kappa shape index (κ3) is 9.98. The van der Waals surface area contributed by atoms with Gasteiger partial charge in [0.1, 0.15) is 0 Å². The first-order valence-electron chi connectivity index (χ1n) is 7.48. The van der Waals surface area contributed by atoms with Crippen LogP contribution < -0.4 is 5.32 Å². The highest BCUT2D eigenvalue weighted by Crippen LogP contribution is 2.18. The monoisotopic (exact) mass is 315 g/mol. The van der Waals surface area contributed by atoms with Crippen LogP contribution in [0.2, 0.25) is 0 Å². The Morgan fingerprint density at radius 2 is 1.71 bits per heavy atom. The predicted octanol–water partition coefficient (Wildman–Crippen LogP) is 3.21. The van der Waals surface area contributed by atoms with Crippen LogP contribution in [0.1, 0.15) is 36.9 Å². The summed E-state index contributed by atoms with van der Waals surface area (Å²) in [5, 5.41) is 3.50. The molecule has 0 atom stereocenters. The predicted molar refractivity (Wildman–Crippen MR) is 87.9 cm³/mol. The van der Waals surface area contributed by atoms with Gasteiger partial charge in [0.2, 0.25) is 0 Å². The second-order valence-corrected chi connectivity index (χ2v) is 7.24. The molecule has 21 heavy (non-hydrogen) atoms. The standard InChI is InChI=1S/C16H29NO3S/c1-16(2,3)17-12-14-6-7-15(21-14)13-20-9-5-8-19-11-10-18-4/h6-7,17H,5,8-13H2,1-4H3. The fourth-order valence-electron chi connectivity index (χ4n) is 1.63. The molecule has 0 unspecified atom stereocenters. The van der Waals surface area contributed by atoms with Crippen molar-refractivity contribution >= 4 is 11.3 Å². The van der Waals surface area contributed by atoms with E-state index >= 15 is 0 Å². The van der Waals surface area contributed by atoms with Gasteiger partial charge in [-0.15, -0.1) is 11.3 Å². The molecule has 0 aliphatic carbocycles. The summed E-state index contributed by atoms with van der Waals surface area (Å²) in [5.74, 6) is 0. The van der Waals surface area contributed by atoms with E-state index in [-0.39, 0.29) is 5.54 Å². The Balaban J connectivity index is 2.06. The van der Waals surface area contributed by atoms with E-state index in [2.05, 4.69) is 38.2 Å². The zero-order chi connectivity index (χ0) is 15.6. The lowest BCUT2D eigenvalue weighted by atomic mass is 10.1. The van der Waals surface area contributed by atoms with Crippen LogP contribution in [-0.2, 0) is 27.4 Å². The van der Waals surface area contributed by atoms with E-state index in [1.807, 2.05) is 11.3 Å². The summed E-state index contributed by atoms with van der Waals surface area (Å²) in [4.78, 5) is 2.63. The third-order valence-electron chi connectivity index (χ3n) is 2.76. The van der Waals surface area contributed by atoms with Crippen molar-refractivity contribution in [3.63, 3.8) is 0 Å². The molecule has 122 valence electrons. The summed E-state index contributed by atoms with van der Waals surface area (Å²) in [6.07, 6.45) is 0.924. The first-order chi connectivity index (χ1) is 10.0. The van der Waals surface area contributed by atoms with E-state index in [4.69, 9.17) is 14.2 Å². The van der Waals surface area contributed by atoms with Crippen LogP contribution in [0.5, 0.6) is 0 Å². The molecule has 1 N–H and O–H groups in total. The molecule has 4 nitrogen and oxygen atoms in total. The van der Waals surface area contributed by atoms with Crippen molar-refractivity contribution in [3.8, 4) is 0 Å². The maximum Gasteiger partial charge on any atom is 0.0809 e. The molecule has 0 saturated carbocycles. The molecule has 0 spiro atoms. The molecular weight excluding hydrogens is 286 g/mol. The number of ether oxygens (including phenoxy) is 3. The maximum absolute atomic E-state index is 5.66. The number of thiophene rings is 1. The molecule has 0 aliphatic rings. The highest BCUT2D eigenvalue weighted by molar-refractivity contribution is 7.11. The lowest BCUT2D eigenvalue weighted by Gasteiger charge is -2.19. The summed E-state index contributed by atoms with van der Waals surface area (Å²) in [6.45, 7) is 10.9. The lowest BCUT2D eigenvalue weighted by molar-refractivity contribution is 0.0488. The summed E-state index contributed by atoms with van der Waals surface area (Å²) < 4.78 is 16.0. The topological polar surface area (TPSA) is 39.7 Å². The molecule has 0 amide bonds. The second-order valence-electron chi connectivity index (χ2n) is 5.98. The molecule has 1 heterocycles. The fraction of sp³-hybridized carbons (Fsp3) is 0.750. The largest absolute Gasteiger partial charge is 0.382 e. The lowest BCUT2D eigenvalue weighted by Crippen LogP contribution is -2.34. The van der Waals surface area contributed by atoms with Gasteiger partial charge in [0.05, 0.1) is 19.8 Å². The van der Waals surface area contributed by atoms with Crippen LogP contribution in [0.25, 0.3) is 0 Å². The van der Waals surface area contributed by atoms with Gasteiger partial charge in [0, 0.05) is 42.2 Å². The normalized spacial score (nSPS) is 12.0. The van der Waals surface area contributed by atoms with E-state index in [0.717, 1.165) is 26.2 Å². The Morgan fingerprint density at radius 1 is 1.00 bits per heavy atom. The zero-order valence-electron chi connectivity index (χ0n) is 13.7. The van der Waals surface area contributed by atoms with Crippen LogP contribution in [0.3, 0.4) is 0 Å². The molecule has 1 rings (SSSR count). The van der Waals surface area contributed by atoms with E-state index in [9.17, 15) is 0 Å². The first kappa shape index (κ1) is 18.6. The first-order valence-corrected chi connectivity index (χ1v) is 8.30. The highest BCUT2D eigenvalue weighted by Gasteiger charge is 2.09. The summed E-state index contributed by atoms with van der Waals surface area (Å²) >= 11 is 1.81. The third-order valence-corrected chi connectivity index (χ3v) is 3.82. The van der Waals surface area contributed by atoms with Crippen LogP contribution in [0.15, 0.2) is 12.1 Å². The van der Waals surface area contributed by atoms with Crippen LogP contribution in [-0.4, -0.2) is 39.1 Å². The van der Waals surface area contributed by atoms with E-state index < -0.39 is 0 Å². The molecule has 1 aromatic rings. The van der Waals surface area contributed by atoms with Crippen molar-refractivity contribution in [2.45, 2.75) is 45.9 Å². The highest BCUT2D eigenvalue weighted by atomic mass is 32.1. The Morgan fingerprint density at radius 3 is 2.43 bits per heavy atom. The number of hydrogen-bond acceptors (Lipinski definition) is 5. The van der Waals surface area contributed by atoms with Crippen molar-refractivity contribution in [1.29, 1.82) is 0 Å². The molecule has 0 fully saturated rings. The molecule has 0 radical (unpaired) electrons.